The Bertz CT molecular complexity index is 605. The van der Waals surface area contributed by atoms with E-state index in [1.54, 1.807) is 7.11 Å². The molecule has 0 saturated carbocycles. The number of nitrogens with one attached hydrogen (secondary N) is 1. The summed E-state index contributed by atoms with van der Waals surface area (Å²) in [7, 11) is 1.68. The molecule has 0 amide bonds. The number of nitrogens with zero attached hydrogens (tertiary/aromatic N) is 2. The second-order valence-electron chi connectivity index (χ2n) is 6.73. The first-order valence-electron chi connectivity index (χ1n) is 9.40. The van der Waals surface area contributed by atoms with E-state index in [0.29, 0.717) is 18.9 Å². The normalized spacial score (nSPS) is 16.9. The van der Waals surface area contributed by atoms with Crippen molar-refractivity contribution in [3.63, 3.8) is 0 Å². The summed E-state index contributed by atoms with van der Waals surface area (Å²) < 4.78 is 10.4. The molecule has 0 spiro atoms. The molecule has 1 atom stereocenters. The summed E-state index contributed by atoms with van der Waals surface area (Å²) in [5, 5.41) is 3.33. The van der Waals surface area contributed by atoms with Gasteiger partial charge in [-0.2, -0.15) is 0 Å². The fourth-order valence-electron chi connectivity index (χ4n) is 3.10. The first-order valence-corrected chi connectivity index (χ1v) is 9.40. The molecule has 1 fully saturated rings. The van der Waals surface area contributed by atoms with Crippen LogP contribution < -0.4 is 10.1 Å². The van der Waals surface area contributed by atoms with Gasteiger partial charge in [-0.15, -0.1) is 24.0 Å². The molecule has 1 aliphatic heterocycles. The average Bonchev–Trinajstić information content (AvgIpc) is 3.10. The fraction of sp³-hybridized carbons (Fsp3) is 0.600. The fourth-order valence-corrected chi connectivity index (χ4v) is 3.10. The molecule has 0 bridgehead atoms. The van der Waals surface area contributed by atoms with Gasteiger partial charge in [0.1, 0.15) is 5.75 Å². The first-order chi connectivity index (χ1) is 12.5. The maximum absolute atomic E-state index is 11.7. The number of guanidine groups is 1. The highest BCUT2D eigenvalue weighted by Crippen LogP contribution is 2.28. The Morgan fingerprint density at radius 2 is 2.04 bits per heavy atom. The number of halogens is 1. The Hall–Kier alpha value is -1.51. The Morgan fingerprint density at radius 3 is 2.63 bits per heavy atom. The van der Waals surface area contributed by atoms with Gasteiger partial charge in [-0.1, -0.05) is 12.1 Å². The van der Waals surface area contributed by atoms with Gasteiger partial charge in [0.15, 0.2) is 5.96 Å². The van der Waals surface area contributed by atoms with E-state index in [1.807, 2.05) is 26.0 Å². The van der Waals surface area contributed by atoms with Crippen LogP contribution in [0.2, 0.25) is 0 Å². The monoisotopic (exact) mass is 489 g/mol. The standard InChI is InChI=1S/C20H31N3O3.HI/c1-5-21-20(22-12-10-19(24)26-15(2)3)23-13-11-17(14-23)16-6-8-18(25-4)9-7-16;/h6-9,15,17H,5,10-14H2,1-4H3,(H,21,22);1H. The van der Waals surface area contributed by atoms with Gasteiger partial charge in [0.25, 0.3) is 0 Å². The molecule has 0 aliphatic carbocycles. The molecule has 1 saturated heterocycles. The van der Waals surface area contributed by atoms with Crippen molar-refractivity contribution in [1.29, 1.82) is 0 Å². The summed E-state index contributed by atoms with van der Waals surface area (Å²) in [5.74, 6) is 2.04. The van der Waals surface area contributed by atoms with E-state index in [-0.39, 0.29) is 36.0 Å². The molecule has 1 N–H and O–H groups in total. The highest BCUT2D eigenvalue weighted by atomic mass is 127. The summed E-state index contributed by atoms with van der Waals surface area (Å²) in [6.07, 6.45) is 1.32. The number of carbonyl (C=O) groups is 1. The lowest BCUT2D eigenvalue weighted by Gasteiger charge is -2.22. The number of ether oxygens (including phenoxy) is 2. The van der Waals surface area contributed by atoms with Gasteiger partial charge in [0, 0.05) is 25.6 Å². The van der Waals surface area contributed by atoms with Crippen molar-refractivity contribution in [3.05, 3.63) is 29.8 Å². The molecule has 7 heteroatoms. The van der Waals surface area contributed by atoms with Crippen LogP contribution >= 0.6 is 24.0 Å². The number of hydrogen-bond donors (Lipinski definition) is 1. The van der Waals surface area contributed by atoms with Gasteiger partial charge in [0.05, 0.1) is 26.2 Å². The van der Waals surface area contributed by atoms with Crippen molar-refractivity contribution < 1.29 is 14.3 Å². The van der Waals surface area contributed by atoms with Gasteiger partial charge in [-0.3, -0.25) is 9.79 Å². The maximum atomic E-state index is 11.7. The Morgan fingerprint density at radius 1 is 1.33 bits per heavy atom. The molecule has 27 heavy (non-hydrogen) atoms. The lowest BCUT2D eigenvalue weighted by Crippen LogP contribution is -2.40. The summed E-state index contributed by atoms with van der Waals surface area (Å²) in [6, 6.07) is 8.30. The molecular formula is C20H32IN3O3. The molecule has 1 aliphatic rings. The van der Waals surface area contributed by atoms with Crippen LogP contribution in [0.15, 0.2) is 29.3 Å². The van der Waals surface area contributed by atoms with E-state index in [1.165, 1.54) is 5.56 Å². The smallest absolute Gasteiger partial charge is 0.307 e. The van der Waals surface area contributed by atoms with Gasteiger partial charge in [-0.05, 0) is 44.9 Å². The summed E-state index contributed by atoms with van der Waals surface area (Å²) >= 11 is 0. The molecule has 1 unspecified atom stereocenters. The van der Waals surface area contributed by atoms with Crippen LogP contribution in [0, 0.1) is 0 Å². The van der Waals surface area contributed by atoms with Crippen LogP contribution in [0.3, 0.4) is 0 Å². The van der Waals surface area contributed by atoms with Gasteiger partial charge >= 0.3 is 5.97 Å². The Kier molecular flexibility index (Phi) is 10.5. The van der Waals surface area contributed by atoms with E-state index in [9.17, 15) is 4.79 Å². The van der Waals surface area contributed by atoms with Crippen LogP contribution in [-0.4, -0.2) is 56.2 Å². The molecule has 2 rings (SSSR count). The van der Waals surface area contributed by atoms with Crippen molar-refractivity contribution in [3.8, 4) is 5.75 Å². The van der Waals surface area contributed by atoms with E-state index >= 15 is 0 Å². The number of esters is 1. The molecule has 1 aromatic rings. The zero-order valence-corrected chi connectivity index (χ0v) is 19.1. The van der Waals surface area contributed by atoms with Crippen LogP contribution in [0.25, 0.3) is 0 Å². The summed E-state index contributed by atoms with van der Waals surface area (Å²) in [5.41, 5.74) is 1.32. The molecule has 0 aromatic heterocycles. The minimum Gasteiger partial charge on any atom is -0.497 e. The number of hydrogen-bond acceptors (Lipinski definition) is 4. The third kappa shape index (κ3) is 7.56. The van der Waals surface area contributed by atoms with Crippen LogP contribution in [0.1, 0.15) is 45.1 Å². The van der Waals surface area contributed by atoms with Crippen LogP contribution in [0.4, 0.5) is 0 Å². The number of likely N-dealkylation sites (tertiary alicyclic amines) is 1. The number of methoxy groups -OCH3 is 1. The number of rotatable bonds is 7. The second-order valence-corrected chi connectivity index (χ2v) is 6.73. The zero-order chi connectivity index (χ0) is 18.9. The van der Waals surface area contributed by atoms with Crippen molar-refractivity contribution in [2.45, 2.75) is 45.6 Å². The van der Waals surface area contributed by atoms with Crippen LogP contribution in [0.5, 0.6) is 5.75 Å². The van der Waals surface area contributed by atoms with E-state index < -0.39 is 0 Å². The second kappa shape index (κ2) is 12.0. The highest BCUT2D eigenvalue weighted by Gasteiger charge is 2.26. The third-order valence-corrected chi connectivity index (χ3v) is 4.35. The van der Waals surface area contributed by atoms with Crippen molar-refractivity contribution in [1.82, 2.24) is 10.2 Å². The summed E-state index contributed by atoms with van der Waals surface area (Å²) in [6.45, 7) is 8.90. The molecule has 1 aromatic carbocycles. The first kappa shape index (κ1) is 23.5. The molecule has 6 nitrogen and oxygen atoms in total. The number of benzene rings is 1. The zero-order valence-electron chi connectivity index (χ0n) is 16.7. The van der Waals surface area contributed by atoms with Gasteiger partial charge < -0.3 is 19.7 Å². The Balaban J connectivity index is 0.00000364. The van der Waals surface area contributed by atoms with Gasteiger partial charge in [0.2, 0.25) is 0 Å². The Labute approximate surface area is 179 Å². The third-order valence-electron chi connectivity index (χ3n) is 4.35. The topological polar surface area (TPSA) is 63.2 Å². The molecule has 1 heterocycles. The quantitative estimate of drug-likeness (QED) is 0.275. The average molecular weight is 489 g/mol. The van der Waals surface area contributed by atoms with Crippen LogP contribution in [-0.2, 0) is 9.53 Å². The predicted molar refractivity (Wildman–Crippen MR) is 119 cm³/mol. The number of carbonyl (C=O) groups excluding carboxylic acids is 1. The van der Waals surface area contributed by atoms with Crippen molar-refractivity contribution in [2.75, 3.05) is 33.3 Å². The van der Waals surface area contributed by atoms with E-state index in [4.69, 9.17) is 9.47 Å². The SMILES string of the molecule is CCNC(=NCCC(=O)OC(C)C)N1CCC(c2ccc(OC)cc2)C1.I. The molecule has 152 valence electrons. The van der Waals surface area contributed by atoms with Crippen molar-refractivity contribution in [2.24, 2.45) is 4.99 Å². The number of aliphatic imine (C=N–C) groups is 1. The molecule has 0 radical (unpaired) electrons. The maximum Gasteiger partial charge on any atom is 0.307 e. The van der Waals surface area contributed by atoms with E-state index in [2.05, 4.69) is 34.3 Å². The summed E-state index contributed by atoms with van der Waals surface area (Å²) in [4.78, 5) is 18.5. The highest BCUT2D eigenvalue weighted by molar-refractivity contribution is 14.0. The lowest BCUT2D eigenvalue weighted by molar-refractivity contribution is -0.147. The molecular weight excluding hydrogens is 457 g/mol. The predicted octanol–water partition coefficient (Wildman–Crippen LogP) is 3.41. The lowest BCUT2D eigenvalue weighted by atomic mass is 9.98. The van der Waals surface area contributed by atoms with E-state index in [0.717, 1.165) is 37.8 Å². The van der Waals surface area contributed by atoms with Crippen molar-refractivity contribution >= 4 is 35.9 Å². The minimum absolute atomic E-state index is 0. The largest absolute Gasteiger partial charge is 0.497 e. The van der Waals surface area contributed by atoms with Gasteiger partial charge in [-0.25, -0.2) is 0 Å². The minimum atomic E-state index is -0.197.